The average Bonchev–Trinajstić information content (AvgIpc) is 2.80. The first-order chi connectivity index (χ1) is 9.30. The zero-order chi connectivity index (χ0) is 14.8. The Hall–Kier alpha value is -0.280. The molecule has 1 heterocycles. The SMILES string of the molecule is CC(C)(C)NCC1(Cc2ccc(Cl)c(Cl)c2)CCOC1. The second-order valence-corrected chi connectivity index (χ2v) is 7.65. The van der Waals surface area contributed by atoms with Crippen molar-refractivity contribution >= 4 is 23.2 Å². The van der Waals surface area contributed by atoms with Crippen LogP contribution in [0.4, 0.5) is 0 Å². The fourth-order valence-corrected chi connectivity index (χ4v) is 2.85. The molecule has 20 heavy (non-hydrogen) atoms. The van der Waals surface area contributed by atoms with Crippen LogP contribution in [-0.2, 0) is 11.2 Å². The predicted octanol–water partition coefficient (Wildman–Crippen LogP) is 4.33. The highest BCUT2D eigenvalue weighted by Crippen LogP contribution is 2.34. The van der Waals surface area contributed by atoms with Gasteiger partial charge >= 0.3 is 0 Å². The molecule has 112 valence electrons. The minimum Gasteiger partial charge on any atom is -0.381 e. The van der Waals surface area contributed by atoms with Gasteiger partial charge in [-0.25, -0.2) is 0 Å². The van der Waals surface area contributed by atoms with Gasteiger partial charge < -0.3 is 10.1 Å². The van der Waals surface area contributed by atoms with E-state index in [2.05, 4.69) is 32.2 Å². The van der Waals surface area contributed by atoms with Crippen LogP contribution in [0.3, 0.4) is 0 Å². The topological polar surface area (TPSA) is 21.3 Å². The van der Waals surface area contributed by atoms with Gasteiger partial charge in [0.15, 0.2) is 0 Å². The quantitative estimate of drug-likeness (QED) is 0.892. The summed E-state index contributed by atoms with van der Waals surface area (Å²) in [5, 5.41) is 4.85. The third-order valence-electron chi connectivity index (χ3n) is 3.74. The van der Waals surface area contributed by atoms with Crippen LogP contribution >= 0.6 is 23.2 Å². The first-order valence-electron chi connectivity index (χ1n) is 7.06. The molecule has 0 radical (unpaired) electrons. The van der Waals surface area contributed by atoms with Gasteiger partial charge in [0, 0.05) is 24.1 Å². The molecule has 1 aliphatic rings. The molecule has 0 saturated carbocycles. The van der Waals surface area contributed by atoms with E-state index in [-0.39, 0.29) is 11.0 Å². The van der Waals surface area contributed by atoms with Gasteiger partial charge in [-0.1, -0.05) is 29.3 Å². The van der Waals surface area contributed by atoms with Crippen LogP contribution < -0.4 is 5.32 Å². The number of nitrogens with one attached hydrogen (secondary N) is 1. The highest BCUT2D eigenvalue weighted by molar-refractivity contribution is 6.42. The van der Waals surface area contributed by atoms with E-state index in [0.717, 1.165) is 32.6 Å². The van der Waals surface area contributed by atoms with Gasteiger partial charge in [-0.2, -0.15) is 0 Å². The van der Waals surface area contributed by atoms with E-state index in [1.807, 2.05) is 12.1 Å². The third kappa shape index (κ3) is 4.36. The summed E-state index contributed by atoms with van der Waals surface area (Å²) in [6, 6.07) is 5.91. The van der Waals surface area contributed by atoms with Gasteiger partial charge in [0.1, 0.15) is 0 Å². The van der Waals surface area contributed by atoms with Crippen LogP contribution in [0.15, 0.2) is 18.2 Å². The van der Waals surface area contributed by atoms with Crippen LogP contribution in [0.25, 0.3) is 0 Å². The smallest absolute Gasteiger partial charge is 0.0595 e. The van der Waals surface area contributed by atoms with E-state index in [0.29, 0.717) is 10.0 Å². The average molecular weight is 316 g/mol. The summed E-state index contributed by atoms with van der Waals surface area (Å²) in [5.41, 5.74) is 1.50. The van der Waals surface area contributed by atoms with E-state index >= 15 is 0 Å². The van der Waals surface area contributed by atoms with Crippen molar-refractivity contribution in [3.63, 3.8) is 0 Å². The van der Waals surface area contributed by atoms with E-state index in [1.54, 1.807) is 0 Å². The Labute approximate surface area is 131 Å². The summed E-state index contributed by atoms with van der Waals surface area (Å²) in [7, 11) is 0. The van der Waals surface area contributed by atoms with Crippen molar-refractivity contribution < 1.29 is 4.74 Å². The maximum absolute atomic E-state index is 6.12. The van der Waals surface area contributed by atoms with Crippen LogP contribution in [0.5, 0.6) is 0 Å². The molecule has 0 amide bonds. The van der Waals surface area contributed by atoms with E-state index in [1.165, 1.54) is 5.56 Å². The molecule has 0 aromatic heterocycles. The van der Waals surface area contributed by atoms with Crippen molar-refractivity contribution in [1.82, 2.24) is 5.32 Å². The summed E-state index contributed by atoms with van der Waals surface area (Å²) in [6.45, 7) is 9.17. The first kappa shape index (κ1) is 16.1. The Morgan fingerprint density at radius 3 is 2.55 bits per heavy atom. The minimum absolute atomic E-state index is 0.118. The zero-order valence-corrected chi connectivity index (χ0v) is 13.9. The zero-order valence-electron chi connectivity index (χ0n) is 12.4. The molecule has 4 heteroatoms. The van der Waals surface area contributed by atoms with Crippen molar-refractivity contribution in [3.8, 4) is 0 Å². The van der Waals surface area contributed by atoms with Crippen molar-refractivity contribution in [2.45, 2.75) is 39.2 Å². The van der Waals surface area contributed by atoms with Crippen LogP contribution in [0.1, 0.15) is 32.8 Å². The largest absolute Gasteiger partial charge is 0.381 e. The summed E-state index contributed by atoms with van der Waals surface area (Å²) < 4.78 is 5.65. The summed E-state index contributed by atoms with van der Waals surface area (Å²) in [5.74, 6) is 0. The summed E-state index contributed by atoms with van der Waals surface area (Å²) in [4.78, 5) is 0. The van der Waals surface area contributed by atoms with Gasteiger partial charge in [-0.05, 0) is 51.3 Å². The van der Waals surface area contributed by atoms with Crippen LogP contribution in [0, 0.1) is 5.41 Å². The molecule has 1 aromatic carbocycles. The van der Waals surface area contributed by atoms with E-state index in [4.69, 9.17) is 27.9 Å². The molecule has 0 spiro atoms. The van der Waals surface area contributed by atoms with Gasteiger partial charge in [0.25, 0.3) is 0 Å². The maximum atomic E-state index is 6.12. The lowest BCUT2D eigenvalue weighted by Gasteiger charge is -2.32. The summed E-state index contributed by atoms with van der Waals surface area (Å²) in [6.07, 6.45) is 2.04. The Morgan fingerprint density at radius 1 is 1.25 bits per heavy atom. The monoisotopic (exact) mass is 315 g/mol. The highest BCUT2D eigenvalue weighted by atomic mass is 35.5. The fraction of sp³-hybridized carbons (Fsp3) is 0.625. The molecule has 1 unspecified atom stereocenters. The maximum Gasteiger partial charge on any atom is 0.0595 e. The minimum atomic E-state index is 0.118. The lowest BCUT2D eigenvalue weighted by atomic mass is 9.80. The highest BCUT2D eigenvalue weighted by Gasteiger charge is 2.35. The Balaban J connectivity index is 2.10. The van der Waals surface area contributed by atoms with Crippen molar-refractivity contribution in [2.75, 3.05) is 19.8 Å². The fourth-order valence-electron chi connectivity index (χ4n) is 2.53. The molecule has 0 aliphatic carbocycles. The molecule has 1 aromatic rings. The Kier molecular flexibility index (Phi) is 5.01. The van der Waals surface area contributed by atoms with Crippen molar-refractivity contribution in [1.29, 1.82) is 0 Å². The second kappa shape index (κ2) is 6.23. The number of hydrogen-bond acceptors (Lipinski definition) is 2. The normalized spacial score (nSPS) is 23.2. The predicted molar refractivity (Wildman–Crippen MR) is 85.8 cm³/mol. The molecular weight excluding hydrogens is 293 g/mol. The number of benzene rings is 1. The number of ether oxygens (including phenoxy) is 1. The number of halogens is 2. The van der Waals surface area contributed by atoms with Gasteiger partial charge in [0.2, 0.25) is 0 Å². The molecule has 0 bridgehead atoms. The molecule has 1 N–H and O–H groups in total. The molecule has 1 saturated heterocycles. The van der Waals surface area contributed by atoms with Gasteiger partial charge in [-0.15, -0.1) is 0 Å². The van der Waals surface area contributed by atoms with Gasteiger partial charge in [0.05, 0.1) is 16.7 Å². The molecular formula is C16H23Cl2NO. The Bertz CT molecular complexity index is 462. The Morgan fingerprint density at radius 2 is 2.00 bits per heavy atom. The standard InChI is InChI=1S/C16H23Cl2NO/c1-15(2,3)19-10-16(6-7-20-11-16)9-12-4-5-13(17)14(18)8-12/h4-5,8,19H,6-7,9-11H2,1-3H3. The molecule has 1 fully saturated rings. The van der Waals surface area contributed by atoms with Crippen molar-refractivity contribution in [3.05, 3.63) is 33.8 Å². The number of rotatable bonds is 4. The first-order valence-corrected chi connectivity index (χ1v) is 7.82. The van der Waals surface area contributed by atoms with E-state index in [9.17, 15) is 0 Å². The summed E-state index contributed by atoms with van der Waals surface area (Å²) >= 11 is 12.1. The molecule has 1 atom stereocenters. The van der Waals surface area contributed by atoms with Crippen LogP contribution in [-0.4, -0.2) is 25.3 Å². The van der Waals surface area contributed by atoms with Crippen LogP contribution in [0.2, 0.25) is 10.0 Å². The number of hydrogen-bond donors (Lipinski definition) is 1. The lowest BCUT2D eigenvalue weighted by Crippen LogP contribution is -2.45. The second-order valence-electron chi connectivity index (χ2n) is 6.83. The third-order valence-corrected chi connectivity index (χ3v) is 4.48. The van der Waals surface area contributed by atoms with Crippen molar-refractivity contribution in [2.24, 2.45) is 5.41 Å². The molecule has 2 rings (SSSR count). The van der Waals surface area contributed by atoms with E-state index < -0.39 is 0 Å². The lowest BCUT2D eigenvalue weighted by molar-refractivity contribution is 0.144. The molecule has 1 aliphatic heterocycles. The van der Waals surface area contributed by atoms with Gasteiger partial charge in [-0.3, -0.25) is 0 Å². The molecule has 2 nitrogen and oxygen atoms in total.